The standard InChI is InChI=1S/C20H25FN6O3S2/c1-19(2)17(22)25-20(3,11-26(4)32(19,29)30)13-9-12(5-6-14(13)21)23-16(28)15-10-27-7-8-31-18(27)24-15/h5-10,29-30H,11H2,1-4H3,(H2,22,25)(H,23,28)/t20-/m0/s1. The molecule has 4 rings (SSSR count). The number of nitrogens with zero attached hydrogens (tertiary/aromatic N) is 3. The van der Waals surface area contributed by atoms with Gasteiger partial charge in [-0.3, -0.25) is 23.7 Å². The minimum Gasteiger partial charge on any atom is -0.361 e. The number of amides is 1. The smallest absolute Gasteiger partial charge is 0.275 e. The highest BCUT2D eigenvalue weighted by Gasteiger charge is 2.49. The Morgan fingerprint density at radius 1 is 1.38 bits per heavy atom. The predicted molar refractivity (Wildman–Crippen MR) is 125 cm³/mol. The average Bonchev–Trinajstić information content (AvgIpc) is 3.29. The Labute approximate surface area is 190 Å². The lowest BCUT2D eigenvalue weighted by atomic mass is 9.90. The minimum atomic E-state index is -3.35. The SMILES string of the molecule is CN1C[C@@](C)(c2cc(NC(=O)c3cn4ccsc4n3)ccc2F)NC(=N)C(C)(C)S1(O)O. The molecule has 0 aliphatic carbocycles. The minimum absolute atomic E-state index is 0.0206. The van der Waals surface area contributed by atoms with Gasteiger partial charge in [0.15, 0.2) is 4.96 Å². The normalized spacial score (nSPS) is 24.0. The van der Waals surface area contributed by atoms with Gasteiger partial charge in [0.25, 0.3) is 5.91 Å². The molecule has 1 atom stereocenters. The van der Waals surface area contributed by atoms with Gasteiger partial charge in [-0.25, -0.2) is 13.7 Å². The molecule has 1 aliphatic heterocycles. The van der Waals surface area contributed by atoms with Crippen LogP contribution in [0.5, 0.6) is 0 Å². The van der Waals surface area contributed by atoms with Crippen molar-refractivity contribution in [2.45, 2.75) is 31.1 Å². The van der Waals surface area contributed by atoms with Crippen LogP contribution in [0.3, 0.4) is 0 Å². The quantitative estimate of drug-likeness (QED) is 0.386. The molecular formula is C20H25FN6O3S2. The van der Waals surface area contributed by atoms with Crippen LogP contribution in [0.4, 0.5) is 10.1 Å². The van der Waals surface area contributed by atoms with Gasteiger partial charge in [-0.1, -0.05) is 0 Å². The van der Waals surface area contributed by atoms with E-state index in [2.05, 4.69) is 15.6 Å². The van der Waals surface area contributed by atoms with Crippen LogP contribution in [-0.4, -0.2) is 52.9 Å². The molecule has 1 amide bonds. The van der Waals surface area contributed by atoms with Gasteiger partial charge in [-0.15, -0.1) is 22.1 Å². The summed E-state index contributed by atoms with van der Waals surface area (Å²) in [6, 6.07) is 4.17. The first-order chi connectivity index (χ1) is 14.8. The Balaban J connectivity index is 1.66. The third kappa shape index (κ3) is 3.57. The van der Waals surface area contributed by atoms with E-state index in [4.69, 9.17) is 5.41 Å². The molecule has 32 heavy (non-hydrogen) atoms. The van der Waals surface area contributed by atoms with Gasteiger partial charge in [0.1, 0.15) is 22.1 Å². The van der Waals surface area contributed by atoms with Gasteiger partial charge in [-0.2, -0.15) is 0 Å². The third-order valence-corrected chi connectivity index (χ3v) is 9.15. The molecule has 3 heterocycles. The van der Waals surface area contributed by atoms with Gasteiger partial charge in [-0.05, 0) is 39.0 Å². The van der Waals surface area contributed by atoms with Gasteiger partial charge in [0, 0.05) is 42.6 Å². The number of thiazole rings is 1. The number of carbonyl (C=O) groups excluding carboxylic acids is 1. The lowest BCUT2D eigenvalue weighted by Crippen LogP contribution is -2.51. The van der Waals surface area contributed by atoms with Crippen LogP contribution in [0.25, 0.3) is 4.96 Å². The first-order valence-electron chi connectivity index (χ1n) is 9.75. The first kappa shape index (κ1) is 22.7. The number of fused-ring (bicyclic) bond motifs is 1. The maximum Gasteiger partial charge on any atom is 0.275 e. The number of hydrogen-bond acceptors (Lipinski definition) is 7. The molecule has 0 radical (unpaired) electrons. The largest absolute Gasteiger partial charge is 0.361 e. The number of aromatic nitrogens is 2. The molecule has 1 saturated heterocycles. The number of nitrogens with one attached hydrogen (secondary N) is 3. The molecule has 1 aliphatic rings. The van der Waals surface area contributed by atoms with E-state index in [1.807, 2.05) is 5.38 Å². The fourth-order valence-corrected chi connectivity index (χ4v) is 5.98. The number of amidine groups is 1. The second kappa shape index (κ2) is 7.52. The van der Waals surface area contributed by atoms with Gasteiger partial charge < -0.3 is 10.6 Å². The van der Waals surface area contributed by atoms with Gasteiger partial charge >= 0.3 is 0 Å². The summed E-state index contributed by atoms with van der Waals surface area (Å²) in [7, 11) is -1.81. The predicted octanol–water partition coefficient (Wildman–Crippen LogP) is 3.96. The van der Waals surface area contributed by atoms with Crippen LogP contribution in [0.15, 0.2) is 36.0 Å². The number of likely N-dealkylation sites (N-methyl/N-ethyl adjacent to an activating group) is 1. The summed E-state index contributed by atoms with van der Waals surface area (Å²) in [5.41, 5.74) is -0.384. The maximum absolute atomic E-state index is 15.0. The highest BCUT2D eigenvalue weighted by molar-refractivity contribution is 8.24. The lowest BCUT2D eigenvalue weighted by molar-refractivity contribution is 0.102. The van der Waals surface area contributed by atoms with Crippen molar-refractivity contribution in [2.24, 2.45) is 0 Å². The summed E-state index contributed by atoms with van der Waals surface area (Å²) in [4.78, 5) is 17.6. The fraction of sp³-hybridized carbons (Fsp3) is 0.350. The number of hydrogen-bond donors (Lipinski definition) is 5. The van der Waals surface area contributed by atoms with Crippen LogP contribution in [0.1, 0.15) is 36.8 Å². The zero-order valence-electron chi connectivity index (χ0n) is 18.0. The summed E-state index contributed by atoms with van der Waals surface area (Å²) in [5, 5.41) is 16.0. The summed E-state index contributed by atoms with van der Waals surface area (Å²) in [5.74, 6) is -1.09. The van der Waals surface area contributed by atoms with Crippen LogP contribution < -0.4 is 10.6 Å². The van der Waals surface area contributed by atoms with E-state index in [0.717, 1.165) is 0 Å². The van der Waals surface area contributed by atoms with Crippen molar-refractivity contribution in [2.75, 3.05) is 18.9 Å². The zero-order chi connectivity index (χ0) is 23.5. The van der Waals surface area contributed by atoms with E-state index in [1.54, 1.807) is 37.6 Å². The molecule has 1 aromatic carbocycles. The summed E-state index contributed by atoms with van der Waals surface area (Å²) in [6.07, 6.45) is 3.42. The van der Waals surface area contributed by atoms with Gasteiger partial charge in [0.05, 0.1) is 5.54 Å². The summed E-state index contributed by atoms with van der Waals surface area (Å²) >= 11 is 1.41. The van der Waals surface area contributed by atoms with Crippen molar-refractivity contribution >= 4 is 44.5 Å². The summed E-state index contributed by atoms with van der Waals surface area (Å²) in [6.45, 7) is 4.82. The van der Waals surface area contributed by atoms with Crippen molar-refractivity contribution in [1.82, 2.24) is 19.0 Å². The van der Waals surface area contributed by atoms with E-state index >= 15 is 0 Å². The molecule has 0 saturated carbocycles. The highest BCUT2D eigenvalue weighted by atomic mass is 32.3. The van der Waals surface area contributed by atoms with Crippen molar-refractivity contribution in [3.63, 3.8) is 0 Å². The number of halogens is 1. The molecule has 0 unspecified atom stereocenters. The van der Waals surface area contributed by atoms with Crippen LogP contribution in [0, 0.1) is 11.2 Å². The van der Waals surface area contributed by atoms with E-state index in [0.29, 0.717) is 10.6 Å². The molecule has 9 nitrogen and oxygen atoms in total. The monoisotopic (exact) mass is 480 g/mol. The number of carbonyl (C=O) groups is 1. The molecule has 0 spiro atoms. The Kier molecular flexibility index (Phi) is 5.33. The molecule has 1 fully saturated rings. The number of rotatable bonds is 3. The second-order valence-corrected chi connectivity index (χ2v) is 12.1. The van der Waals surface area contributed by atoms with E-state index in [9.17, 15) is 18.3 Å². The second-order valence-electron chi connectivity index (χ2n) is 8.51. The van der Waals surface area contributed by atoms with Gasteiger partial charge in [0.2, 0.25) is 0 Å². The fourth-order valence-electron chi connectivity index (χ4n) is 3.74. The van der Waals surface area contributed by atoms with Crippen LogP contribution >= 0.6 is 22.1 Å². The molecular weight excluding hydrogens is 455 g/mol. The summed E-state index contributed by atoms with van der Waals surface area (Å²) < 4.78 is 38.2. The van der Waals surface area contributed by atoms with Crippen LogP contribution in [0.2, 0.25) is 0 Å². The number of benzene rings is 1. The molecule has 3 aromatic rings. The van der Waals surface area contributed by atoms with Crippen molar-refractivity contribution < 1.29 is 18.3 Å². The Morgan fingerprint density at radius 2 is 2.09 bits per heavy atom. The van der Waals surface area contributed by atoms with E-state index < -0.39 is 32.8 Å². The Morgan fingerprint density at radius 3 is 2.78 bits per heavy atom. The van der Waals surface area contributed by atoms with E-state index in [1.165, 1.54) is 40.9 Å². The average molecular weight is 481 g/mol. The zero-order valence-corrected chi connectivity index (χ0v) is 19.6. The highest BCUT2D eigenvalue weighted by Crippen LogP contribution is 2.57. The molecule has 12 heteroatoms. The topological polar surface area (TPSA) is 126 Å². The molecule has 0 bridgehead atoms. The maximum atomic E-state index is 15.0. The Hall–Kier alpha value is -2.51. The lowest BCUT2D eigenvalue weighted by Gasteiger charge is -2.49. The molecule has 2 aromatic heterocycles. The van der Waals surface area contributed by atoms with Crippen molar-refractivity contribution in [3.05, 3.63) is 53.0 Å². The molecule has 5 N–H and O–H groups in total. The molecule has 172 valence electrons. The Bertz CT molecular complexity index is 1190. The first-order valence-corrected chi connectivity index (χ1v) is 12.1. The van der Waals surface area contributed by atoms with Crippen molar-refractivity contribution in [3.8, 4) is 0 Å². The van der Waals surface area contributed by atoms with E-state index in [-0.39, 0.29) is 23.6 Å². The van der Waals surface area contributed by atoms with Crippen molar-refractivity contribution in [1.29, 1.82) is 5.41 Å². The third-order valence-electron chi connectivity index (χ3n) is 5.81. The van der Waals surface area contributed by atoms with Crippen LogP contribution in [-0.2, 0) is 5.54 Å². The number of anilines is 1. The number of imidazole rings is 1.